The molecule has 0 saturated carbocycles. The summed E-state index contributed by atoms with van der Waals surface area (Å²) in [6.45, 7) is 0.450. The summed E-state index contributed by atoms with van der Waals surface area (Å²) < 4.78 is 3.59. The van der Waals surface area contributed by atoms with E-state index < -0.39 is 0 Å². The van der Waals surface area contributed by atoms with Gasteiger partial charge in [-0.1, -0.05) is 18.2 Å². The fraction of sp³-hybridized carbons (Fsp3) is 0.316. The topological polar surface area (TPSA) is 72.9 Å². The van der Waals surface area contributed by atoms with Crippen LogP contribution in [-0.2, 0) is 25.8 Å². The van der Waals surface area contributed by atoms with Gasteiger partial charge in [-0.25, -0.2) is 14.5 Å². The number of aliphatic hydroxyl groups excluding tert-OH is 1. The van der Waals surface area contributed by atoms with Gasteiger partial charge in [0, 0.05) is 24.7 Å². The molecule has 0 amide bonds. The molecule has 0 spiro atoms. The summed E-state index contributed by atoms with van der Waals surface area (Å²) in [5, 5.41) is 13.9. The quantitative estimate of drug-likeness (QED) is 0.766. The van der Waals surface area contributed by atoms with Gasteiger partial charge in [-0.2, -0.15) is 5.10 Å². The second-order valence-corrected chi connectivity index (χ2v) is 6.32. The molecule has 0 atom stereocenters. The normalized spacial score (nSPS) is 13.2. The lowest BCUT2D eigenvalue weighted by atomic mass is 10.2. The number of fused-ring (bicyclic) bond motifs is 1. The zero-order valence-electron chi connectivity index (χ0n) is 13.9. The Hall–Kier alpha value is -2.73. The molecule has 1 aliphatic rings. The summed E-state index contributed by atoms with van der Waals surface area (Å²) in [5.74, 6) is 0. The average Bonchev–Trinajstić information content (AvgIpc) is 3.23. The van der Waals surface area contributed by atoms with Gasteiger partial charge in [0.15, 0.2) is 0 Å². The minimum Gasteiger partial charge on any atom is -0.396 e. The zero-order chi connectivity index (χ0) is 17.2. The molecule has 6 nitrogen and oxygen atoms in total. The van der Waals surface area contributed by atoms with Crippen LogP contribution in [0.25, 0.3) is 5.69 Å². The van der Waals surface area contributed by atoms with Gasteiger partial charge in [0.05, 0.1) is 17.9 Å². The van der Waals surface area contributed by atoms with Gasteiger partial charge in [-0.15, -0.1) is 0 Å². The second kappa shape index (κ2) is 6.64. The van der Waals surface area contributed by atoms with E-state index in [1.807, 2.05) is 35.0 Å². The number of aromatic nitrogens is 4. The minimum absolute atomic E-state index is 0.0396. The Balaban J connectivity index is 1.73. The van der Waals surface area contributed by atoms with Gasteiger partial charge >= 0.3 is 5.69 Å². The highest BCUT2D eigenvalue weighted by atomic mass is 16.3. The van der Waals surface area contributed by atoms with Crippen LogP contribution in [0.3, 0.4) is 0 Å². The fourth-order valence-electron chi connectivity index (χ4n) is 3.46. The predicted molar refractivity (Wildman–Crippen MR) is 94.0 cm³/mol. The van der Waals surface area contributed by atoms with E-state index in [0.717, 1.165) is 36.2 Å². The highest BCUT2D eigenvalue weighted by molar-refractivity contribution is 5.40. The standard InChI is InChI=1S/C19H20N4O2/c24-10-9-14-11-20-19(25)22(12-14)13-17-16-7-4-8-18(16)23(21-17)15-5-2-1-3-6-15/h1-3,5-6,11-12,24H,4,7-10,13H2. The first-order valence-electron chi connectivity index (χ1n) is 8.57. The minimum atomic E-state index is -0.289. The number of rotatable bonds is 5. The third-order valence-electron chi connectivity index (χ3n) is 4.64. The molecule has 0 unspecified atom stereocenters. The van der Waals surface area contributed by atoms with Crippen LogP contribution < -0.4 is 5.69 Å². The van der Waals surface area contributed by atoms with E-state index in [1.54, 1.807) is 10.8 Å². The number of nitrogens with zero attached hydrogens (tertiary/aromatic N) is 4. The molecule has 1 aromatic carbocycles. The Labute approximate surface area is 145 Å². The van der Waals surface area contributed by atoms with Crippen LogP contribution in [-0.4, -0.2) is 31.0 Å². The van der Waals surface area contributed by atoms with E-state index in [0.29, 0.717) is 13.0 Å². The van der Waals surface area contributed by atoms with Crippen LogP contribution in [0.2, 0.25) is 0 Å². The summed E-state index contributed by atoms with van der Waals surface area (Å²) in [7, 11) is 0. The highest BCUT2D eigenvalue weighted by Crippen LogP contribution is 2.28. The first-order valence-corrected chi connectivity index (χ1v) is 8.57. The summed E-state index contributed by atoms with van der Waals surface area (Å²) >= 11 is 0. The number of hydrogen-bond donors (Lipinski definition) is 1. The Morgan fingerprint density at radius 3 is 2.80 bits per heavy atom. The van der Waals surface area contributed by atoms with Gasteiger partial charge in [-0.3, -0.25) is 4.57 Å². The molecule has 0 saturated heterocycles. The van der Waals surface area contributed by atoms with Crippen LogP contribution in [0.1, 0.15) is 28.9 Å². The lowest BCUT2D eigenvalue weighted by Gasteiger charge is -2.07. The molecule has 4 rings (SSSR count). The third kappa shape index (κ3) is 3.00. The van der Waals surface area contributed by atoms with Crippen molar-refractivity contribution in [1.29, 1.82) is 0 Å². The Morgan fingerprint density at radius 1 is 1.16 bits per heavy atom. The van der Waals surface area contributed by atoms with Crippen molar-refractivity contribution >= 4 is 0 Å². The lowest BCUT2D eigenvalue weighted by Crippen LogP contribution is -2.24. The van der Waals surface area contributed by atoms with Crippen molar-refractivity contribution in [2.75, 3.05) is 6.61 Å². The van der Waals surface area contributed by atoms with Crippen LogP contribution >= 0.6 is 0 Å². The van der Waals surface area contributed by atoms with Gasteiger partial charge < -0.3 is 5.11 Å². The summed E-state index contributed by atoms with van der Waals surface area (Å²) in [6.07, 6.45) is 6.91. The van der Waals surface area contributed by atoms with Crippen molar-refractivity contribution in [3.8, 4) is 5.69 Å². The molecule has 1 aliphatic carbocycles. The SMILES string of the molecule is O=c1ncc(CCO)cn1Cc1nn(-c2ccccc2)c2c1CCC2. The van der Waals surface area contributed by atoms with Crippen molar-refractivity contribution < 1.29 is 5.11 Å². The molecule has 0 aliphatic heterocycles. The molecule has 25 heavy (non-hydrogen) atoms. The number of aliphatic hydroxyl groups is 1. The molecule has 1 N–H and O–H groups in total. The molecule has 0 bridgehead atoms. The van der Waals surface area contributed by atoms with Crippen molar-refractivity contribution in [1.82, 2.24) is 19.3 Å². The number of para-hydroxylation sites is 1. The molecular weight excluding hydrogens is 316 g/mol. The van der Waals surface area contributed by atoms with E-state index in [-0.39, 0.29) is 12.3 Å². The van der Waals surface area contributed by atoms with Gasteiger partial charge in [-0.05, 0) is 48.9 Å². The zero-order valence-corrected chi connectivity index (χ0v) is 13.9. The highest BCUT2D eigenvalue weighted by Gasteiger charge is 2.23. The van der Waals surface area contributed by atoms with Crippen LogP contribution in [0.5, 0.6) is 0 Å². The van der Waals surface area contributed by atoms with Crippen molar-refractivity contribution in [3.05, 3.63) is 75.7 Å². The second-order valence-electron chi connectivity index (χ2n) is 6.32. The first-order chi connectivity index (χ1) is 12.3. The summed E-state index contributed by atoms with van der Waals surface area (Å²) in [5.41, 5.74) is 5.04. The fourth-order valence-corrected chi connectivity index (χ4v) is 3.46. The Kier molecular flexibility index (Phi) is 4.19. The molecule has 6 heteroatoms. The molecule has 0 radical (unpaired) electrons. The molecule has 128 valence electrons. The largest absolute Gasteiger partial charge is 0.396 e. The monoisotopic (exact) mass is 336 g/mol. The van der Waals surface area contributed by atoms with Crippen LogP contribution in [0, 0.1) is 0 Å². The average molecular weight is 336 g/mol. The van der Waals surface area contributed by atoms with Gasteiger partial charge in [0.25, 0.3) is 0 Å². The molecule has 3 aromatic rings. The summed E-state index contributed by atoms with van der Waals surface area (Å²) in [4.78, 5) is 16.0. The predicted octanol–water partition coefficient (Wildman–Crippen LogP) is 1.50. The molecule has 2 aromatic heterocycles. The van der Waals surface area contributed by atoms with E-state index in [1.165, 1.54) is 17.5 Å². The van der Waals surface area contributed by atoms with Crippen LogP contribution in [0.15, 0.2) is 47.5 Å². The number of benzene rings is 1. The molecule has 2 heterocycles. The van der Waals surface area contributed by atoms with E-state index in [9.17, 15) is 4.79 Å². The van der Waals surface area contributed by atoms with Crippen molar-refractivity contribution in [2.45, 2.75) is 32.2 Å². The third-order valence-corrected chi connectivity index (χ3v) is 4.64. The number of hydrogen-bond acceptors (Lipinski definition) is 4. The molecule has 0 fully saturated rings. The lowest BCUT2D eigenvalue weighted by molar-refractivity contribution is 0.299. The molecular formula is C19H20N4O2. The first kappa shape index (κ1) is 15.8. The van der Waals surface area contributed by atoms with E-state index in [4.69, 9.17) is 10.2 Å². The van der Waals surface area contributed by atoms with Crippen molar-refractivity contribution in [3.63, 3.8) is 0 Å². The van der Waals surface area contributed by atoms with E-state index in [2.05, 4.69) is 4.98 Å². The smallest absolute Gasteiger partial charge is 0.347 e. The van der Waals surface area contributed by atoms with Crippen LogP contribution in [0.4, 0.5) is 0 Å². The summed E-state index contributed by atoms with van der Waals surface area (Å²) in [6, 6.07) is 10.1. The van der Waals surface area contributed by atoms with Crippen molar-refractivity contribution in [2.24, 2.45) is 0 Å². The maximum atomic E-state index is 12.1. The Bertz CT molecular complexity index is 944. The maximum Gasteiger partial charge on any atom is 0.347 e. The van der Waals surface area contributed by atoms with Gasteiger partial charge in [0.2, 0.25) is 0 Å². The Morgan fingerprint density at radius 2 is 2.00 bits per heavy atom. The maximum absolute atomic E-state index is 12.1. The van der Waals surface area contributed by atoms with Gasteiger partial charge in [0.1, 0.15) is 0 Å². The van der Waals surface area contributed by atoms with E-state index >= 15 is 0 Å².